The standard InChI is InChI=1S/C26H30N4O7/c27-23(28)18-4-6-20(7-5-18)35-12-2-1-9-29-10-11-30(25(32)24(29)31)15-19(26(33)34)13-17-3-8-21-22(14-17)37-16-36-21/h3-8,14,19H,1-2,9-13,15-16H2,(H3,27,28)(H,33,34). The van der Waals surface area contributed by atoms with Gasteiger partial charge in [0, 0.05) is 31.7 Å². The number of nitrogen functional groups attached to an aromatic ring is 1. The molecule has 2 amide bonds. The van der Waals surface area contributed by atoms with Crippen molar-refractivity contribution in [2.24, 2.45) is 11.7 Å². The maximum absolute atomic E-state index is 12.7. The second-order valence-electron chi connectivity index (χ2n) is 8.96. The molecule has 1 unspecified atom stereocenters. The summed E-state index contributed by atoms with van der Waals surface area (Å²) in [6.07, 6.45) is 1.55. The zero-order valence-electron chi connectivity index (χ0n) is 20.4. The molecule has 0 radical (unpaired) electrons. The number of benzene rings is 2. The van der Waals surface area contributed by atoms with Crippen LogP contribution in [0, 0.1) is 11.3 Å². The molecule has 0 aromatic heterocycles. The van der Waals surface area contributed by atoms with Crippen LogP contribution in [0.2, 0.25) is 0 Å². The fraction of sp³-hybridized carbons (Fsp3) is 0.385. The summed E-state index contributed by atoms with van der Waals surface area (Å²) in [5.41, 5.74) is 6.82. The van der Waals surface area contributed by atoms with E-state index in [0.29, 0.717) is 55.4 Å². The van der Waals surface area contributed by atoms with Crippen LogP contribution < -0.4 is 19.9 Å². The Morgan fingerprint density at radius 1 is 1.03 bits per heavy atom. The summed E-state index contributed by atoms with van der Waals surface area (Å²) in [5.74, 6) is -1.33. The summed E-state index contributed by atoms with van der Waals surface area (Å²) in [6, 6.07) is 12.2. The smallest absolute Gasteiger partial charge is 0.312 e. The number of fused-ring (bicyclic) bond motifs is 1. The molecule has 2 aromatic carbocycles. The van der Waals surface area contributed by atoms with Gasteiger partial charge in [-0.3, -0.25) is 19.8 Å². The number of nitrogens with one attached hydrogen (secondary N) is 1. The highest BCUT2D eigenvalue weighted by Gasteiger charge is 2.34. The topological polar surface area (TPSA) is 155 Å². The van der Waals surface area contributed by atoms with Gasteiger partial charge < -0.3 is 34.9 Å². The Balaban J connectivity index is 1.21. The first-order valence-electron chi connectivity index (χ1n) is 12.1. The minimum atomic E-state index is -1.03. The third-order valence-electron chi connectivity index (χ3n) is 6.36. The average Bonchev–Trinajstić information content (AvgIpc) is 3.35. The summed E-state index contributed by atoms with van der Waals surface area (Å²) in [7, 11) is 0. The molecule has 2 aliphatic heterocycles. The summed E-state index contributed by atoms with van der Waals surface area (Å²) in [4.78, 5) is 40.1. The zero-order chi connectivity index (χ0) is 26.4. The van der Waals surface area contributed by atoms with Crippen LogP contribution in [0.3, 0.4) is 0 Å². The molecule has 11 heteroatoms. The van der Waals surface area contributed by atoms with Crippen molar-refractivity contribution in [1.29, 1.82) is 5.41 Å². The molecule has 0 saturated carbocycles. The van der Waals surface area contributed by atoms with Gasteiger partial charge in [-0.1, -0.05) is 6.07 Å². The number of unbranched alkanes of at least 4 members (excludes halogenated alkanes) is 1. The van der Waals surface area contributed by atoms with Gasteiger partial charge in [0.25, 0.3) is 0 Å². The van der Waals surface area contributed by atoms with Crippen LogP contribution in [0.5, 0.6) is 17.2 Å². The van der Waals surface area contributed by atoms with Gasteiger partial charge in [-0.05, 0) is 61.2 Å². The number of amides is 2. The molecular weight excluding hydrogens is 480 g/mol. The van der Waals surface area contributed by atoms with E-state index in [9.17, 15) is 19.5 Å². The van der Waals surface area contributed by atoms with Gasteiger partial charge in [-0.15, -0.1) is 0 Å². The van der Waals surface area contributed by atoms with Crippen LogP contribution >= 0.6 is 0 Å². The SMILES string of the molecule is N=C(N)c1ccc(OCCCCN2CCN(CC(Cc3ccc4c(c3)OCO4)C(=O)O)C(=O)C2=O)cc1. The number of rotatable bonds is 12. The summed E-state index contributed by atoms with van der Waals surface area (Å²) < 4.78 is 16.3. The van der Waals surface area contributed by atoms with E-state index in [1.54, 1.807) is 42.5 Å². The predicted molar refractivity (Wildman–Crippen MR) is 133 cm³/mol. The van der Waals surface area contributed by atoms with Crippen molar-refractivity contribution in [1.82, 2.24) is 9.80 Å². The Morgan fingerprint density at radius 2 is 1.73 bits per heavy atom. The number of carbonyl (C=O) groups is 3. The van der Waals surface area contributed by atoms with E-state index in [4.69, 9.17) is 25.4 Å². The molecule has 0 spiro atoms. The van der Waals surface area contributed by atoms with E-state index in [2.05, 4.69) is 0 Å². The van der Waals surface area contributed by atoms with E-state index in [1.165, 1.54) is 9.80 Å². The van der Waals surface area contributed by atoms with E-state index in [0.717, 1.165) is 5.56 Å². The van der Waals surface area contributed by atoms with Gasteiger partial charge in [0.15, 0.2) is 11.5 Å². The van der Waals surface area contributed by atoms with Gasteiger partial charge in [0.2, 0.25) is 6.79 Å². The number of hydrogen-bond donors (Lipinski definition) is 3. The maximum atomic E-state index is 12.7. The van der Waals surface area contributed by atoms with Crippen LogP contribution in [0.25, 0.3) is 0 Å². The molecule has 2 aliphatic rings. The Bertz CT molecular complexity index is 1170. The molecule has 0 aliphatic carbocycles. The maximum Gasteiger partial charge on any atom is 0.312 e. The van der Waals surface area contributed by atoms with Gasteiger partial charge >= 0.3 is 17.8 Å². The molecule has 2 aromatic rings. The lowest BCUT2D eigenvalue weighted by Gasteiger charge is -2.35. The number of aliphatic carboxylic acids is 1. The fourth-order valence-electron chi connectivity index (χ4n) is 4.28. The van der Waals surface area contributed by atoms with Crippen LogP contribution in [0.1, 0.15) is 24.0 Å². The van der Waals surface area contributed by atoms with Crippen molar-refractivity contribution in [3.05, 3.63) is 53.6 Å². The number of amidine groups is 1. The monoisotopic (exact) mass is 510 g/mol. The molecular formula is C26H30N4O7. The second-order valence-corrected chi connectivity index (χ2v) is 8.96. The van der Waals surface area contributed by atoms with Gasteiger partial charge in [0.1, 0.15) is 11.6 Å². The highest BCUT2D eigenvalue weighted by molar-refractivity contribution is 6.35. The molecule has 2 heterocycles. The van der Waals surface area contributed by atoms with Crippen molar-refractivity contribution < 1.29 is 33.7 Å². The van der Waals surface area contributed by atoms with Crippen molar-refractivity contribution in [2.45, 2.75) is 19.3 Å². The largest absolute Gasteiger partial charge is 0.494 e. The Morgan fingerprint density at radius 3 is 2.46 bits per heavy atom. The third kappa shape index (κ3) is 6.49. The number of carbonyl (C=O) groups excluding carboxylic acids is 2. The van der Waals surface area contributed by atoms with Crippen molar-refractivity contribution >= 4 is 23.6 Å². The number of nitrogens with two attached hydrogens (primary N) is 1. The first kappa shape index (κ1) is 25.8. The highest BCUT2D eigenvalue weighted by atomic mass is 16.7. The molecule has 4 rings (SSSR count). The minimum Gasteiger partial charge on any atom is -0.494 e. The highest BCUT2D eigenvalue weighted by Crippen LogP contribution is 2.33. The number of carboxylic acids is 1. The van der Waals surface area contributed by atoms with Gasteiger partial charge in [-0.25, -0.2) is 0 Å². The summed E-state index contributed by atoms with van der Waals surface area (Å²) in [5, 5.41) is 17.1. The molecule has 1 saturated heterocycles. The molecule has 4 N–H and O–H groups in total. The van der Waals surface area contributed by atoms with Crippen molar-refractivity contribution in [2.75, 3.05) is 39.6 Å². The van der Waals surface area contributed by atoms with Crippen LogP contribution in [0.15, 0.2) is 42.5 Å². The van der Waals surface area contributed by atoms with E-state index in [1.807, 2.05) is 0 Å². The first-order valence-corrected chi connectivity index (χ1v) is 12.1. The third-order valence-corrected chi connectivity index (χ3v) is 6.36. The Kier molecular flexibility index (Phi) is 8.11. The molecule has 1 fully saturated rings. The van der Waals surface area contributed by atoms with Gasteiger partial charge in [-0.2, -0.15) is 0 Å². The molecule has 1 atom stereocenters. The fourth-order valence-corrected chi connectivity index (χ4v) is 4.28. The summed E-state index contributed by atoms with van der Waals surface area (Å²) >= 11 is 0. The Hall–Kier alpha value is -4.28. The van der Waals surface area contributed by atoms with Crippen LogP contribution in [0.4, 0.5) is 0 Å². The number of carboxylic acid groups (broad SMARTS) is 1. The molecule has 11 nitrogen and oxygen atoms in total. The molecule has 196 valence electrons. The number of piperazine rings is 1. The second kappa shape index (κ2) is 11.6. The van der Waals surface area contributed by atoms with Crippen LogP contribution in [-0.4, -0.2) is 78.1 Å². The minimum absolute atomic E-state index is 0.00551. The lowest BCUT2D eigenvalue weighted by molar-refractivity contribution is -0.157. The quantitative estimate of drug-likeness (QED) is 0.168. The predicted octanol–water partition coefficient (Wildman–Crippen LogP) is 1.47. The first-order chi connectivity index (χ1) is 17.8. The van der Waals surface area contributed by atoms with Gasteiger partial charge in [0.05, 0.1) is 12.5 Å². The number of hydrogen-bond acceptors (Lipinski definition) is 7. The summed E-state index contributed by atoms with van der Waals surface area (Å²) in [6.45, 7) is 1.60. The van der Waals surface area contributed by atoms with Crippen LogP contribution in [-0.2, 0) is 20.8 Å². The average molecular weight is 511 g/mol. The van der Waals surface area contributed by atoms with E-state index < -0.39 is 23.7 Å². The van der Waals surface area contributed by atoms with E-state index in [-0.39, 0.29) is 32.1 Å². The molecule has 37 heavy (non-hydrogen) atoms. The normalized spacial score (nSPS) is 15.6. The Labute approximate surface area is 214 Å². The lowest BCUT2D eigenvalue weighted by Crippen LogP contribution is -2.56. The van der Waals surface area contributed by atoms with Crippen molar-refractivity contribution in [3.8, 4) is 17.2 Å². The number of ether oxygens (including phenoxy) is 3. The molecule has 0 bridgehead atoms. The van der Waals surface area contributed by atoms with E-state index >= 15 is 0 Å². The lowest BCUT2D eigenvalue weighted by atomic mass is 9.98. The number of nitrogens with zero attached hydrogens (tertiary/aromatic N) is 2. The van der Waals surface area contributed by atoms with Crippen molar-refractivity contribution in [3.63, 3.8) is 0 Å². The zero-order valence-corrected chi connectivity index (χ0v) is 20.4.